The molecule has 160 valence electrons. The minimum absolute atomic E-state index is 0.270. The van der Waals surface area contributed by atoms with E-state index in [2.05, 4.69) is 51.3 Å². The molecule has 0 aliphatic heterocycles. The van der Waals surface area contributed by atoms with Crippen molar-refractivity contribution >= 4 is 0 Å². The summed E-state index contributed by atoms with van der Waals surface area (Å²) >= 11 is 0. The summed E-state index contributed by atoms with van der Waals surface area (Å²) in [5, 5.41) is 0. The van der Waals surface area contributed by atoms with Crippen LogP contribution < -0.4 is 0 Å². The summed E-state index contributed by atoms with van der Waals surface area (Å²) in [7, 11) is 0.500. The maximum Gasteiger partial charge on any atom is 0.123 e. The van der Waals surface area contributed by atoms with Gasteiger partial charge in [0.2, 0.25) is 0 Å². The molecular formula is C26H37F2N. The van der Waals surface area contributed by atoms with E-state index in [1.165, 1.54) is 36.8 Å². The molecule has 1 nitrogen and oxygen atoms in total. The molecule has 1 aliphatic rings. The smallest absolute Gasteiger partial charge is 0.123 e. The highest BCUT2D eigenvalue weighted by molar-refractivity contribution is 5.39. The van der Waals surface area contributed by atoms with Crippen molar-refractivity contribution in [2.75, 3.05) is 7.18 Å². The maximum absolute atomic E-state index is 14.1. The molecule has 1 aromatic carbocycles. The number of benzene rings is 1. The van der Waals surface area contributed by atoms with Crippen LogP contribution in [0.3, 0.4) is 0 Å². The highest BCUT2D eigenvalue weighted by Gasteiger charge is 2.31. The average Bonchev–Trinajstić information content (AvgIpc) is 2.74. The summed E-state index contributed by atoms with van der Waals surface area (Å²) in [5.41, 5.74) is 5.50. The zero-order chi connectivity index (χ0) is 22.0. The number of aromatic nitrogens is 1. The Morgan fingerprint density at radius 2 is 1.66 bits per heavy atom. The first-order valence-corrected chi connectivity index (χ1v) is 10.5. The van der Waals surface area contributed by atoms with E-state index in [1.807, 2.05) is 13.0 Å². The molecule has 1 heterocycles. The van der Waals surface area contributed by atoms with Crippen LogP contribution in [0.25, 0.3) is 0 Å². The van der Waals surface area contributed by atoms with Gasteiger partial charge in [-0.3, -0.25) is 9.37 Å². The summed E-state index contributed by atoms with van der Waals surface area (Å²) in [6, 6.07) is 10.6. The lowest BCUT2D eigenvalue weighted by atomic mass is 9.71. The third kappa shape index (κ3) is 6.48. The SMILES string of the molecule is C=C.CF.Cc1cccc(C(c2nccc(C(C)F)c2C)C2CCC(C)CC2)c1. The molecule has 1 fully saturated rings. The number of rotatable bonds is 4. The lowest BCUT2D eigenvalue weighted by Crippen LogP contribution is -2.22. The largest absolute Gasteiger partial charge is 0.260 e. The summed E-state index contributed by atoms with van der Waals surface area (Å²) in [6.45, 7) is 14.2. The molecule has 3 heteroatoms. The van der Waals surface area contributed by atoms with Crippen LogP contribution >= 0.6 is 0 Å². The van der Waals surface area contributed by atoms with Crippen molar-refractivity contribution in [2.24, 2.45) is 11.8 Å². The van der Waals surface area contributed by atoms with Crippen molar-refractivity contribution in [3.8, 4) is 0 Å². The monoisotopic (exact) mass is 401 g/mol. The van der Waals surface area contributed by atoms with E-state index in [1.54, 1.807) is 13.1 Å². The van der Waals surface area contributed by atoms with Gasteiger partial charge < -0.3 is 0 Å². The van der Waals surface area contributed by atoms with E-state index in [4.69, 9.17) is 4.98 Å². The second-order valence-corrected chi connectivity index (χ2v) is 7.94. The predicted molar refractivity (Wildman–Crippen MR) is 121 cm³/mol. The molecule has 0 N–H and O–H groups in total. The molecule has 0 saturated heterocycles. The van der Waals surface area contributed by atoms with Crippen molar-refractivity contribution in [3.63, 3.8) is 0 Å². The number of nitrogens with zero attached hydrogens (tertiary/aromatic N) is 1. The highest BCUT2D eigenvalue weighted by atomic mass is 19.1. The number of aryl methyl sites for hydroxylation is 1. The first-order chi connectivity index (χ1) is 14.0. The van der Waals surface area contributed by atoms with Crippen LogP contribution in [-0.4, -0.2) is 12.2 Å². The van der Waals surface area contributed by atoms with Crippen LogP contribution in [0, 0.1) is 25.7 Å². The predicted octanol–water partition coefficient (Wildman–Crippen LogP) is 8.08. The van der Waals surface area contributed by atoms with E-state index >= 15 is 0 Å². The van der Waals surface area contributed by atoms with Gasteiger partial charge in [0.05, 0.1) is 12.9 Å². The third-order valence-electron chi connectivity index (χ3n) is 5.94. The molecule has 29 heavy (non-hydrogen) atoms. The van der Waals surface area contributed by atoms with Gasteiger partial charge in [-0.25, -0.2) is 4.39 Å². The zero-order valence-electron chi connectivity index (χ0n) is 18.7. The van der Waals surface area contributed by atoms with Gasteiger partial charge in [-0.05, 0) is 68.2 Å². The fourth-order valence-electron chi connectivity index (χ4n) is 4.45. The van der Waals surface area contributed by atoms with Gasteiger partial charge in [0.1, 0.15) is 6.17 Å². The Morgan fingerprint density at radius 3 is 2.21 bits per heavy atom. The molecule has 1 saturated carbocycles. The Balaban J connectivity index is 0.000000989. The standard InChI is InChI=1S/C23H30FN.C2H4.CH3F/c1-15-8-10-19(11-9-15)22(20-7-5-6-16(2)14-20)23-17(3)21(18(4)24)12-13-25-23;2*1-2/h5-7,12-15,18-19,22H,8-11H2,1-4H3;1-2H2;1H3. The topological polar surface area (TPSA) is 12.9 Å². The van der Waals surface area contributed by atoms with Crippen LogP contribution in [-0.2, 0) is 0 Å². The van der Waals surface area contributed by atoms with Gasteiger partial charge in [0.25, 0.3) is 0 Å². The van der Waals surface area contributed by atoms with Crippen LogP contribution in [0.4, 0.5) is 8.78 Å². The molecule has 2 atom stereocenters. The molecule has 0 spiro atoms. The van der Waals surface area contributed by atoms with Crippen molar-refractivity contribution in [1.29, 1.82) is 0 Å². The summed E-state index contributed by atoms with van der Waals surface area (Å²) < 4.78 is 23.6. The second-order valence-electron chi connectivity index (χ2n) is 7.94. The summed E-state index contributed by atoms with van der Waals surface area (Å²) in [5.74, 6) is 1.68. The molecule has 1 aromatic heterocycles. The van der Waals surface area contributed by atoms with Gasteiger partial charge in [-0.2, -0.15) is 0 Å². The van der Waals surface area contributed by atoms with E-state index in [0.717, 1.165) is 22.7 Å². The average molecular weight is 402 g/mol. The molecule has 0 amide bonds. The van der Waals surface area contributed by atoms with Crippen LogP contribution in [0.15, 0.2) is 49.7 Å². The van der Waals surface area contributed by atoms with Crippen molar-refractivity contribution < 1.29 is 8.78 Å². The van der Waals surface area contributed by atoms with E-state index in [0.29, 0.717) is 13.1 Å². The normalized spacial score (nSPS) is 20.4. The minimum Gasteiger partial charge on any atom is -0.260 e. The van der Waals surface area contributed by atoms with Crippen LogP contribution in [0.2, 0.25) is 0 Å². The van der Waals surface area contributed by atoms with E-state index in [-0.39, 0.29) is 5.92 Å². The van der Waals surface area contributed by atoms with Gasteiger partial charge in [0.15, 0.2) is 0 Å². The number of pyridine rings is 1. The van der Waals surface area contributed by atoms with Crippen LogP contribution in [0.5, 0.6) is 0 Å². The molecule has 1 aliphatic carbocycles. The number of hydrogen-bond acceptors (Lipinski definition) is 1. The fourth-order valence-corrected chi connectivity index (χ4v) is 4.45. The van der Waals surface area contributed by atoms with E-state index < -0.39 is 6.17 Å². The molecule has 2 unspecified atom stereocenters. The maximum atomic E-state index is 14.1. The highest BCUT2D eigenvalue weighted by Crippen LogP contribution is 2.43. The fraction of sp³-hybridized carbons (Fsp3) is 0.500. The second kappa shape index (κ2) is 12.5. The Hall–Kier alpha value is -2.03. The molecule has 0 radical (unpaired) electrons. The lowest BCUT2D eigenvalue weighted by Gasteiger charge is -2.34. The quantitative estimate of drug-likeness (QED) is 0.472. The van der Waals surface area contributed by atoms with Crippen molar-refractivity contribution in [2.45, 2.75) is 65.5 Å². The Labute approximate surface area is 176 Å². The Bertz CT molecular complexity index is 733. The Morgan fingerprint density at radius 1 is 1.03 bits per heavy atom. The van der Waals surface area contributed by atoms with Gasteiger partial charge in [0, 0.05) is 12.1 Å². The lowest BCUT2D eigenvalue weighted by molar-refractivity contribution is 0.266. The van der Waals surface area contributed by atoms with Gasteiger partial charge >= 0.3 is 0 Å². The molecule has 0 bridgehead atoms. The van der Waals surface area contributed by atoms with Gasteiger partial charge in [-0.1, -0.05) is 49.6 Å². The molecule has 2 aromatic rings. The number of alkyl halides is 2. The summed E-state index contributed by atoms with van der Waals surface area (Å²) in [6.07, 6.45) is 5.87. The zero-order valence-corrected chi connectivity index (χ0v) is 18.7. The summed E-state index contributed by atoms with van der Waals surface area (Å²) in [4.78, 5) is 4.76. The van der Waals surface area contributed by atoms with Crippen molar-refractivity contribution in [1.82, 2.24) is 4.98 Å². The first-order valence-electron chi connectivity index (χ1n) is 10.5. The van der Waals surface area contributed by atoms with Crippen LogP contribution in [0.1, 0.15) is 79.6 Å². The van der Waals surface area contributed by atoms with E-state index in [9.17, 15) is 8.78 Å². The minimum atomic E-state index is -0.953. The molecule has 3 rings (SSSR count). The first kappa shape index (κ1) is 25.0. The number of halogens is 2. The van der Waals surface area contributed by atoms with Gasteiger partial charge in [-0.15, -0.1) is 13.2 Å². The number of hydrogen-bond donors (Lipinski definition) is 0. The molecular weight excluding hydrogens is 364 g/mol. The third-order valence-corrected chi connectivity index (χ3v) is 5.94. The Kier molecular flexibility index (Phi) is 10.8. The van der Waals surface area contributed by atoms with Crippen molar-refractivity contribution in [3.05, 3.63) is 77.6 Å².